The molecule has 1 amide bonds. The zero-order valence-electron chi connectivity index (χ0n) is 16.2. The van der Waals surface area contributed by atoms with Crippen LogP contribution in [0.25, 0.3) is 11.1 Å². The number of carbonyl (C=O) groups is 1. The van der Waals surface area contributed by atoms with Crippen molar-refractivity contribution in [1.29, 1.82) is 0 Å². The van der Waals surface area contributed by atoms with Crippen LogP contribution in [-0.2, 0) is 7.05 Å². The first kappa shape index (κ1) is 18.7. The summed E-state index contributed by atoms with van der Waals surface area (Å²) in [5.41, 5.74) is 4.16. The molecule has 0 spiro atoms. The van der Waals surface area contributed by atoms with Gasteiger partial charge in [0.1, 0.15) is 5.69 Å². The Morgan fingerprint density at radius 2 is 1.69 bits per heavy atom. The van der Waals surface area contributed by atoms with Crippen molar-refractivity contribution in [3.05, 3.63) is 47.8 Å². The number of piperazine rings is 1. The molecule has 1 N–H and O–H groups in total. The third-order valence-corrected chi connectivity index (χ3v) is 5.25. The Kier molecular flexibility index (Phi) is 6.12. The molecular formula is C21H30N4O. The molecule has 3 rings (SSSR count). The third-order valence-electron chi connectivity index (χ3n) is 5.25. The quantitative estimate of drug-likeness (QED) is 0.866. The van der Waals surface area contributed by atoms with E-state index in [0.29, 0.717) is 12.2 Å². The summed E-state index contributed by atoms with van der Waals surface area (Å²) < 4.78 is 1.91. The van der Waals surface area contributed by atoms with E-state index in [4.69, 9.17) is 0 Å². The molecule has 5 heteroatoms. The molecule has 5 nitrogen and oxygen atoms in total. The van der Waals surface area contributed by atoms with E-state index in [2.05, 4.69) is 53.2 Å². The summed E-state index contributed by atoms with van der Waals surface area (Å²) in [5.74, 6) is -0.00180. The lowest BCUT2D eigenvalue weighted by molar-refractivity contribution is 0.0930. The molecule has 0 unspecified atom stereocenters. The number of amides is 1. The molecule has 0 aliphatic carbocycles. The summed E-state index contributed by atoms with van der Waals surface area (Å²) >= 11 is 0. The topological polar surface area (TPSA) is 40.5 Å². The lowest BCUT2D eigenvalue weighted by atomic mass is 10.1. The molecule has 26 heavy (non-hydrogen) atoms. The lowest BCUT2D eigenvalue weighted by Gasteiger charge is -2.33. The molecule has 0 saturated carbocycles. The molecule has 1 aliphatic heterocycles. The monoisotopic (exact) mass is 354 g/mol. The van der Waals surface area contributed by atoms with Gasteiger partial charge in [-0.15, -0.1) is 0 Å². The molecule has 2 heterocycles. The zero-order valence-corrected chi connectivity index (χ0v) is 16.2. The van der Waals surface area contributed by atoms with Gasteiger partial charge in [0.05, 0.1) is 0 Å². The van der Waals surface area contributed by atoms with E-state index in [1.807, 2.05) is 23.9 Å². The standard InChI is InChI=1S/C21H30N4O/c1-4-24-11-13-25(14-12-24)10-9-22-21(26)20-15-19(16-23(20)3)18-7-5-17(2)6-8-18/h5-8,15-16H,4,9-14H2,1-3H3,(H,22,26). The van der Waals surface area contributed by atoms with Crippen LogP contribution in [-0.4, -0.2) is 66.1 Å². The van der Waals surface area contributed by atoms with Gasteiger partial charge in [-0.3, -0.25) is 9.69 Å². The summed E-state index contributed by atoms with van der Waals surface area (Å²) in [7, 11) is 1.93. The highest BCUT2D eigenvalue weighted by Crippen LogP contribution is 2.22. The molecule has 140 valence electrons. The maximum absolute atomic E-state index is 12.5. The van der Waals surface area contributed by atoms with Crippen LogP contribution in [0.15, 0.2) is 36.5 Å². The van der Waals surface area contributed by atoms with Crippen molar-refractivity contribution < 1.29 is 4.79 Å². The van der Waals surface area contributed by atoms with Crippen molar-refractivity contribution in [3.63, 3.8) is 0 Å². The minimum atomic E-state index is -0.00180. The van der Waals surface area contributed by atoms with E-state index >= 15 is 0 Å². The van der Waals surface area contributed by atoms with Crippen molar-refractivity contribution in [2.75, 3.05) is 45.8 Å². The number of hydrogen-bond donors (Lipinski definition) is 1. The summed E-state index contributed by atoms with van der Waals surface area (Å²) in [5, 5.41) is 3.07. The largest absolute Gasteiger partial charge is 0.349 e. The van der Waals surface area contributed by atoms with Crippen molar-refractivity contribution in [2.45, 2.75) is 13.8 Å². The lowest BCUT2D eigenvalue weighted by Crippen LogP contribution is -2.48. The SMILES string of the molecule is CCN1CCN(CCNC(=O)c2cc(-c3ccc(C)cc3)cn2C)CC1. The fraction of sp³-hybridized carbons (Fsp3) is 0.476. The smallest absolute Gasteiger partial charge is 0.267 e. The normalized spacial score (nSPS) is 16.0. The van der Waals surface area contributed by atoms with Crippen LogP contribution in [0.3, 0.4) is 0 Å². The molecule has 0 bridgehead atoms. The number of likely N-dealkylation sites (N-methyl/N-ethyl adjacent to an activating group) is 1. The Bertz CT molecular complexity index is 727. The second kappa shape index (κ2) is 8.52. The Morgan fingerprint density at radius 3 is 2.35 bits per heavy atom. The summed E-state index contributed by atoms with van der Waals surface area (Å²) in [4.78, 5) is 17.4. The summed E-state index contributed by atoms with van der Waals surface area (Å²) in [6, 6.07) is 10.4. The molecule has 1 saturated heterocycles. The van der Waals surface area contributed by atoms with Gasteiger partial charge in [0.25, 0.3) is 5.91 Å². The number of aryl methyl sites for hydroxylation is 2. The first-order chi connectivity index (χ1) is 12.6. The van der Waals surface area contributed by atoms with Gasteiger partial charge >= 0.3 is 0 Å². The Labute approximate surface area is 156 Å². The van der Waals surface area contributed by atoms with E-state index < -0.39 is 0 Å². The number of hydrogen-bond acceptors (Lipinski definition) is 3. The van der Waals surface area contributed by atoms with Crippen LogP contribution in [0, 0.1) is 6.92 Å². The number of aromatic nitrogens is 1. The molecule has 1 aromatic heterocycles. The molecule has 0 radical (unpaired) electrons. The second-order valence-corrected chi connectivity index (χ2v) is 7.12. The van der Waals surface area contributed by atoms with Crippen LogP contribution in [0.5, 0.6) is 0 Å². The fourth-order valence-electron chi connectivity index (χ4n) is 3.44. The Morgan fingerprint density at radius 1 is 1.04 bits per heavy atom. The van der Waals surface area contributed by atoms with Crippen LogP contribution >= 0.6 is 0 Å². The first-order valence-electron chi connectivity index (χ1n) is 9.53. The van der Waals surface area contributed by atoms with Gasteiger partial charge in [-0.2, -0.15) is 0 Å². The van der Waals surface area contributed by atoms with E-state index in [1.165, 1.54) is 5.56 Å². The van der Waals surface area contributed by atoms with Gasteiger partial charge in [-0.1, -0.05) is 36.8 Å². The highest BCUT2D eigenvalue weighted by Gasteiger charge is 2.16. The Hall–Kier alpha value is -2.11. The zero-order chi connectivity index (χ0) is 18.5. The van der Waals surface area contributed by atoms with E-state index in [9.17, 15) is 4.79 Å². The second-order valence-electron chi connectivity index (χ2n) is 7.12. The summed E-state index contributed by atoms with van der Waals surface area (Å²) in [6.45, 7) is 11.5. The first-order valence-corrected chi connectivity index (χ1v) is 9.53. The van der Waals surface area contributed by atoms with Crippen LogP contribution in [0.2, 0.25) is 0 Å². The van der Waals surface area contributed by atoms with Gasteiger partial charge in [0, 0.05) is 58.1 Å². The molecule has 0 atom stereocenters. The highest BCUT2D eigenvalue weighted by atomic mass is 16.1. The average molecular weight is 354 g/mol. The molecule has 1 fully saturated rings. The van der Waals surface area contributed by atoms with Gasteiger partial charge in [-0.05, 0) is 25.1 Å². The molecule has 1 aliphatic rings. The van der Waals surface area contributed by atoms with E-state index in [0.717, 1.165) is 50.4 Å². The maximum atomic E-state index is 12.5. The van der Waals surface area contributed by atoms with Gasteiger partial charge in [0.15, 0.2) is 0 Å². The molecule has 2 aromatic rings. The molecule has 1 aromatic carbocycles. The average Bonchev–Trinajstić information content (AvgIpc) is 3.04. The van der Waals surface area contributed by atoms with E-state index in [1.54, 1.807) is 0 Å². The van der Waals surface area contributed by atoms with E-state index in [-0.39, 0.29) is 5.91 Å². The maximum Gasteiger partial charge on any atom is 0.267 e. The van der Waals surface area contributed by atoms with Crippen molar-refractivity contribution in [2.24, 2.45) is 7.05 Å². The van der Waals surface area contributed by atoms with Crippen LogP contribution in [0.1, 0.15) is 23.0 Å². The highest BCUT2D eigenvalue weighted by molar-refractivity contribution is 5.94. The minimum absolute atomic E-state index is 0.00180. The van der Waals surface area contributed by atoms with Gasteiger partial charge in [0.2, 0.25) is 0 Å². The van der Waals surface area contributed by atoms with Crippen molar-refractivity contribution >= 4 is 5.91 Å². The number of carbonyl (C=O) groups excluding carboxylic acids is 1. The fourth-order valence-corrected chi connectivity index (χ4v) is 3.44. The summed E-state index contributed by atoms with van der Waals surface area (Å²) in [6.07, 6.45) is 2.02. The Balaban J connectivity index is 1.53. The molecular weight excluding hydrogens is 324 g/mol. The number of benzene rings is 1. The number of nitrogens with zero attached hydrogens (tertiary/aromatic N) is 3. The van der Waals surface area contributed by atoms with Crippen molar-refractivity contribution in [1.82, 2.24) is 19.7 Å². The number of rotatable bonds is 6. The van der Waals surface area contributed by atoms with Crippen LogP contribution < -0.4 is 5.32 Å². The van der Waals surface area contributed by atoms with Crippen LogP contribution in [0.4, 0.5) is 0 Å². The van der Waals surface area contributed by atoms with Crippen molar-refractivity contribution in [3.8, 4) is 11.1 Å². The number of nitrogens with one attached hydrogen (secondary N) is 1. The minimum Gasteiger partial charge on any atom is -0.349 e. The van der Waals surface area contributed by atoms with Gasteiger partial charge < -0.3 is 14.8 Å². The predicted molar refractivity (Wildman–Crippen MR) is 106 cm³/mol. The predicted octanol–water partition coefficient (Wildman–Crippen LogP) is 2.37. The van der Waals surface area contributed by atoms with Gasteiger partial charge in [-0.25, -0.2) is 0 Å². The third kappa shape index (κ3) is 4.54.